The summed E-state index contributed by atoms with van der Waals surface area (Å²) < 4.78 is 0. The van der Waals surface area contributed by atoms with Gasteiger partial charge in [-0.25, -0.2) is 4.79 Å². The number of amides is 3. The van der Waals surface area contributed by atoms with E-state index in [0.29, 0.717) is 12.5 Å². The zero-order valence-corrected chi connectivity index (χ0v) is 15.2. The van der Waals surface area contributed by atoms with Crippen molar-refractivity contribution in [3.63, 3.8) is 0 Å². The first kappa shape index (κ1) is 18.3. The zero-order valence-electron chi connectivity index (χ0n) is 15.2. The molecule has 1 aromatic carbocycles. The summed E-state index contributed by atoms with van der Waals surface area (Å²) in [6.45, 7) is 10.1. The Balaban J connectivity index is 1.76. The lowest BCUT2D eigenvalue weighted by molar-refractivity contribution is 0.0936. The molecule has 3 amide bonds. The van der Waals surface area contributed by atoms with Crippen LogP contribution in [-0.2, 0) is 0 Å². The standard InChI is InChI=1S/C19H29N3O2/c1-14-7-5-6-8-16(14)17(23)20-13-15-9-11-22(12-10-15)18(24)21-19(2,3)4/h5-8,15H,9-13H2,1-4H3,(H,20,23)(H,21,24). The SMILES string of the molecule is Cc1ccccc1C(=O)NCC1CCN(C(=O)NC(C)(C)C)CC1. The molecule has 5 heteroatoms. The first-order chi connectivity index (χ1) is 11.3. The van der Waals surface area contributed by atoms with Gasteiger partial charge in [-0.1, -0.05) is 18.2 Å². The normalized spacial score (nSPS) is 15.9. The number of piperidine rings is 1. The largest absolute Gasteiger partial charge is 0.352 e. The molecular formula is C19H29N3O2. The Morgan fingerprint density at radius 3 is 2.38 bits per heavy atom. The molecule has 1 heterocycles. The number of carbonyl (C=O) groups is 2. The highest BCUT2D eigenvalue weighted by atomic mass is 16.2. The summed E-state index contributed by atoms with van der Waals surface area (Å²) in [5.41, 5.74) is 1.51. The highest BCUT2D eigenvalue weighted by Gasteiger charge is 2.25. The fourth-order valence-corrected chi connectivity index (χ4v) is 2.90. The summed E-state index contributed by atoms with van der Waals surface area (Å²) >= 11 is 0. The van der Waals surface area contributed by atoms with Crippen molar-refractivity contribution in [1.29, 1.82) is 0 Å². The van der Waals surface area contributed by atoms with E-state index in [1.165, 1.54) is 0 Å². The van der Waals surface area contributed by atoms with Crippen molar-refractivity contribution in [2.75, 3.05) is 19.6 Å². The van der Waals surface area contributed by atoms with Crippen molar-refractivity contribution in [1.82, 2.24) is 15.5 Å². The van der Waals surface area contributed by atoms with E-state index in [1.807, 2.05) is 56.9 Å². The van der Waals surface area contributed by atoms with Gasteiger partial charge in [0, 0.05) is 30.7 Å². The Morgan fingerprint density at radius 1 is 1.17 bits per heavy atom. The van der Waals surface area contributed by atoms with E-state index >= 15 is 0 Å². The predicted octanol–water partition coefficient (Wildman–Crippen LogP) is 2.94. The summed E-state index contributed by atoms with van der Waals surface area (Å²) in [6, 6.07) is 7.62. The van der Waals surface area contributed by atoms with Crippen LogP contribution in [0.3, 0.4) is 0 Å². The smallest absolute Gasteiger partial charge is 0.317 e. The van der Waals surface area contributed by atoms with Crippen molar-refractivity contribution < 1.29 is 9.59 Å². The molecule has 1 fully saturated rings. The number of urea groups is 1. The van der Waals surface area contributed by atoms with E-state index < -0.39 is 0 Å². The van der Waals surface area contributed by atoms with E-state index in [2.05, 4.69) is 10.6 Å². The van der Waals surface area contributed by atoms with Crippen LogP contribution >= 0.6 is 0 Å². The van der Waals surface area contributed by atoms with Gasteiger partial charge >= 0.3 is 6.03 Å². The van der Waals surface area contributed by atoms with E-state index in [-0.39, 0.29) is 17.5 Å². The van der Waals surface area contributed by atoms with Gasteiger partial charge < -0.3 is 15.5 Å². The minimum atomic E-state index is -0.213. The molecule has 0 radical (unpaired) electrons. The summed E-state index contributed by atoms with van der Waals surface area (Å²) in [5.74, 6) is 0.415. The first-order valence-electron chi connectivity index (χ1n) is 8.67. The minimum absolute atomic E-state index is 0.00453. The maximum absolute atomic E-state index is 12.3. The van der Waals surface area contributed by atoms with Gasteiger partial charge in [-0.15, -0.1) is 0 Å². The van der Waals surface area contributed by atoms with Crippen molar-refractivity contribution in [3.8, 4) is 0 Å². The summed E-state index contributed by atoms with van der Waals surface area (Å²) in [7, 11) is 0. The van der Waals surface area contributed by atoms with Crippen molar-refractivity contribution in [3.05, 3.63) is 35.4 Å². The van der Waals surface area contributed by atoms with Gasteiger partial charge in [-0.05, 0) is 58.1 Å². The maximum atomic E-state index is 12.3. The molecule has 0 aromatic heterocycles. The molecule has 0 bridgehead atoms. The van der Waals surface area contributed by atoms with E-state index in [9.17, 15) is 9.59 Å². The molecule has 0 aliphatic carbocycles. The number of nitrogens with zero attached hydrogens (tertiary/aromatic N) is 1. The third kappa shape index (κ3) is 5.25. The second kappa shape index (κ2) is 7.69. The molecule has 2 rings (SSSR count). The van der Waals surface area contributed by atoms with Gasteiger partial charge in [0.2, 0.25) is 0 Å². The fourth-order valence-electron chi connectivity index (χ4n) is 2.90. The van der Waals surface area contributed by atoms with Crippen LogP contribution in [0.2, 0.25) is 0 Å². The summed E-state index contributed by atoms with van der Waals surface area (Å²) in [5, 5.41) is 6.03. The third-order valence-corrected chi connectivity index (χ3v) is 4.32. The molecule has 0 atom stereocenters. The lowest BCUT2D eigenvalue weighted by Gasteiger charge is -2.34. The van der Waals surface area contributed by atoms with Gasteiger partial charge in [0.05, 0.1) is 0 Å². The Hall–Kier alpha value is -2.04. The number of hydrogen-bond donors (Lipinski definition) is 2. The average molecular weight is 331 g/mol. The number of aryl methyl sites for hydroxylation is 1. The zero-order chi connectivity index (χ0) is 17.7. The molecule has 1 saturated heterocycles. The van der Waals surface area contributed by atoms with E-state index in [4.69, 9.17) is 0 Å². The van der Waals surface area contributed by atoms with Crippen LogP contribution < -0.4 is 10.6 Å². The highest BCUT2D eigenvalue weighted by molar-refractivity contribution is 5.95. The first-order valence-corrected chi connectivity index (χ1v) is 8.67. The fraction of sp³-hybridized carbons (Fsp3) is 0.579. The van der Waals surface area contributed by atoms with Crippen LogP contribution in [0.1, 0.15) is 49.5 Å². The second-order valence-electron chi connectivity index (χ2n) is 7.64. The third-order valence-electron chi connectivity index (χ3n) is 4.32. The van der Waals surface area contributed by atoms with Crippen LogP contribution in [0.5, 0.6) is 0 Å². The van der Waals surface area contributed by atoms with Crippen LogP contribution in [0.15, 0.2) is 24.3 Å². The Morgan fingerprint density at radius 2 is 1.79 bits per heavy atom. The quantitative estimate of drug-likeness (QED) is 0.894. The number of benzene rings is 1. The number of nitrogens with one attached hydrogen (secondary N) is 2. The minimum Gasteiger partial charge on any atom is -0.352 e. The molecule has 24 heavy (non-hydrogen) atoms. The van der Waals surface area contributed by atoms with Crippen molar-refractivity contribution in [2.45, 2.75) is 46.1 Å². The van der Waals surface area contributed by atoms with Crippen LogP contribution in [0.4, 0.5) is 4.79 Å². The Labute approximate surface area is 144 Å². The van der Waals surface area contributed by atoms with Gasteiger partial charge in [-0.2, -0.15) is 0 Å². The highest BCUT2D eigenvalue weighted by Crippen LogP contribution is 2.17. The molecule has 1 aliphatic rings. The van der Waals surface area contributed by atoms with Crippen LogP contribution in [0.25, 0.3) is 0 Å². The molecule has 2 N–H and O–H groups in total. The molecule has 132 valence electrons. The van der Waals surface area contributed by atoms with Crippen molar-refractivity contribution >= 4 is 11.9 Å². The lowest BCUT2D eigenvalue weighted by Crippen LogP contribution is -2.51. The monoisotopic (exact) mass is 331 g/mol. The molecule has 5 nitrogen and oxygen atoms in total. The van der Waals surface area contributed by atoms with Gasteiger partial charge in [0.1, 0.15) is 0 Å². The Bertz CT molecular complexity index is 585. The molecule has 0 saturated carbocycles. The number of rotatable bonds is 3. The van der Waals surface area contributed by atoms with Gasteiger partial charge in [0.25, 0.3) is 5.91 Å². The van der Waals surface area contributed by atoms with Gasteiger partial charge in [0.15, 0.2) is 0 Å². The average Bonchev–Trinajstić information content (AvgIpc) is 2.52. The van der Waals surface area contributed by atoms with Crippen LogP contribution in [0, 0.1) is 12.8 Å². The maximum Gasteiger partial charge on any atom is 0.317 e. The van der Waals surface area contributed by atoms with Gasteiger partial charge in [-0.3, -0.25) is 4.79 Å². The summed E-state index contributed by atoms with van der Waals surface area (Å²) in [6.07, 6.45) is 1.84. The number of hydrogen-bond acceptors (Lipinski definition) is 2. The topological polar surface area (TPSA) is 61.4 Å². The molecule has 0 spiro atoms. The number of likely N-dealkylation sites (tertiary alicyclic amines) is 1. The molecule has 1 aliphatic heterocycles. The predicted molar refractivity (Wildman–Crippen MR) is 96.1 cm³/mol. The van der Waals surface area contributed by atoms with Crippen molar-refractivity contribution in [2.24, 2.45) is 5.92 Å². The molecular weight excluding hydrogens is 302 g/mol. The van der Waals surface area contributed by atoms with E-state index in [0.717, 1.165) is 37.1 Å². The summed E-state index contributed by atoms with van der Waals surface area (Å²) in [4.78, 5) is 26.3. The van der Waals surface area contributed by atoms with E-state index in [1.54, 1.807) is 0 Å². The molecule has 0 unspecified atom stereocenters. The lowest BCUT2D eigenvalue weighted by atomic mass is 9.96. The Kier molecular flexibility index (Phi) is 5.86. The van der Waals surface area contributed by atoms with Crippen LogP contribution in [-0.4, -0.2) is 42.0 Å². The number of carbonyl (C=O) groups excluding carboxylic acids is 2. The molecule has 1 aromatic rings. The second-order valence-corrected chi connectivity index (χ2v) is 7.64.